The summed E-state index contributed by atoms with van der Waals surface area (Å²) in [6, 6.07) is 8.55. The molecule has 3 rings (SSSR count). The average molecular weight is 390 g/mol. The van der Waals surface area contributed by atoms with Gasteiger partial charge in [-0.1, -0.05) is 12.1 Å². The van der Waals surface area contributed by atoms with Crippen molar-refractivity contribution in [3.05, 3.63) is 24.3 Å². The fraction of sp³-hybridized carbons (Fsp3) is 0.611. The number of nitrogens with one attached hydrogen (secondary N) is 1. The third-order valence-corrected chi connectivity index (χ3v) is 4.72. The Morgan fingerprint density at radius 2 is 1.92 bits per heavy atom. The number of piperazine rings is 1. The molecule has 0 saturated carbocycles. The second kappa shape index (κ2) is 10.7. The lowest BCUT2D eigenvalue weighted by Gasteiger charge is -2.37. The van der Waals surface area contributed by atoms with E-state index >= 15 is 0 Å². The molecule has 0 radical (unpaired) electrons. The first kappa shape index (κ1) is 21.9. The molecular formula is C18H29Cl2N3O2. The highest BCUT2D eigenvalue weighted by Gasteiger charge is 2.25. The van der Waals surface area contributed by atoms with Gasteiger partial charge in [0.1, 0.15) is 5.75 Å². The second-order valence-corrected chi connectivity index (χ2v) is 6.27. The molecule has 2 aliphatic heterocycles. The molecule has 1 aromatic rings. The van der Waals surface area contributed by atoms with Crippen molar-refractivity contribution in [3.8, 4) is 5.75 Å². The van der Waals surface area contributed by atoms with E-state index in [2.05, 4.69) is 16.3 Å². The van der Waals surface area contributed by atoms with Crippen LogP contribution in [0.3, 0.4) is 0 Å². The van der Waals surface area contributed by atoms with Gasteiger partial charge in [0.25, 0.3) is 0 Å². The first-order chi connectivity index (χ1) is 11.3. The van der Waals surface area contributed by atoms with Crippen LogP contribution in [0.4, 0.5) is 5.69 Å². The van der Waals surface area contributed by atoms with Crippen molar-refractivity contribution in [2.24, 2.45) is 0 Å². The summed E-state index contributed by atoms with van der Waals surface area (Å²) in [5.74, 6) is 1.23. The summed E-state index contributed by atoms with van der Waals surface area (Å²) in [6.07, 6.45) is 2.98. The Morgan fingerprint density at radius 3 is 2.56 bits per heavy atom. The van der Waals surface area contributed by atoms with Crippen LogP contribution < -0.4 is 15.0 Å². The zero-order valence-electron chi connectivity index (χ0n) is 14.8. The fourth-order valence-electron chi connectivity index (χ4n) is 3.46. The average Bonchev–Trinajstić information content (AvgIpc) is 3.09. The van der Waals surface area contributed by atoms with Crippen molar-refractivity contribution in [3.63, 3.8) is 0 Å². The predicted octanol–water partition coefficient (Wildman–Crippen LogP) is 2.72. The van der Waals surface area contributed by atoms with Crippen molar-refractivity contribution in [1.29, 1.82) is 0 Å². The summed E-state index contributed by atoms with van der Waals surface area (Å²) in [6.45, 7) is 7.06. The lowest BCUT2D eigenvalue weighted by atomic mass is 10.1. The summed E-state index contributed by atoms with van der Waals surface area (Å²) in [5, 5.41) is 3.41. The van der Waals surface area contributed by atoms with Crippen molar-refractivity contribution < 1.29 is 9.53 Å². The van der Waals surface area contributed by atoms with Crippen LogP contribution in [-0.4, -0.2) is 56.2 Å². The van der Waals surface area contributed by atoms with Gasteiger partial charge in [-0.2, -0.15) is 0 Å². The molecule has 5 nitrogen and oxygen atoms in total. The zero-order valence-corrected chi connectivity index (χ0v) is 16.4. The van der Waals surface area contributed by atoms with Crippen molar-refractivity contribution in [1.82, 2.24) is 10.2 Å². The molecule has 1 atom stereocenters. The van der Waals surface area contributed by atoms with Gasteiger partial charge in [-0.15, -0.1) is 24.8 Å². The number of amides is 1. The largest absolute Gasteiger partial charge is 0.492 e. The van der Waals surface area contributed by atoms with Crippen LogP contribution >= 0.6 is 24.8 Å². The van der Waals surface area contributed by atoms with Gasteiger partial charge in [0.15, 0.2) is 0 Å². The van der Waals surface area contributed by atoms with Gasteiger partial charge in [-0.05, 0) is 38.4 Å². The van der Waals surface area contributed by atoms with E-state index in [0.717, 1.165) is 50.6 Å². The minimum Gasteiger partial charge on any atom is -0.492 e. The van der Waals surface area contributed by atoms with Crippen LogP contribution in [0, 0.1) is 0 Å². The highest BCUT2D eigenvalue weighted by atomic mass is 35.5. The van der Waals surface area contributed by atoms with Gasteiger partial charge in [0.05, 0.1) is 12.3 Å². The molecule has 2 heterocycles. The molecule has 25 heavy (non-hydrogen) atoms. The predicted molar refractivity (Wildman–Crippen MR) is 107 cm³/mol. The van der Waals surface area contributed by atoms with Gasteiger partial charge in [0.2, 0.25) is 5.91 Å². The van der Waals surface area contributed by atoms with Gasteiger partial charge in [-0.25, -0.2) is 0 Å². The van der Waals surface area contributed by atoms with Crippen LogP contribution in [-0.2, 0) is 4.79 Å². The molecule has 1 N–H and O–H groups in total. The normalized spacial score (nSPS) is 19.8. The molecule has 1 unspecified atom stereocenters. The molecule has 2 aliphatic rings. The molecule has 2 saturated heterocycles. The number of halogens is 2. The first-order valence-electron chi connectivity index (χ1n) is 8.76. The number of hydrogen-bond donors (Lipinski definition) is 1. The lowest BCUT2D eigenvalue weighted by molar-refractivity contribution is -0.131. The summed E-state index contributed by atoms with van der Waals surface area (Å²) < 4.78 is 5.72. The number of ether oxygens (including phenoxy) is 1. The maximum Gasteiger partial charge on any atom is 0.224 e. The lowest BCUT2D eigenvalue weighted by Crippen LogP contribution is -2.49. The minimum atomic E-state index is 0. The van der Waals surface area contributed by atoms with Crippen molar-refractivity contribution >= 4 is 36.4 Å². The van der Waals surface area contributed by atoms with E-state index in [1.807, 2.05) is 30.0 Å². The number of carbonyl (C=O) groups is 1. The maximum atomic E-state index is 12.4. The molecule has 0 aromatic heterocycles. The third-order valence-electron chi connectivity index (χ3n) is 4.72. The number of benzene rings is 1. The van der Waals surface area contributed by atoms with E-state index in [-0.39, 0.29) is 24.8 Å². The standard InChI is InChI=1S/C18H27N3O2.2ClH/c1-2-23-17-8-4-3-7-16(17)20-10-12-21(13-11-20)18(22)14-15-6-5-9-19-15;;/h3-4,7-8,15,19H,2,5-6,9-14H2,1H3;2*1H. The van der Waals surface area contributed by atoms with E-state index in [1.54, 1.807) is 0 Å². The Balaban J connectivity index is 0.00000156. The number of nitrogens with zero attached hydrogens (tertiary/aromatic N) is 2. The number of hydrogen-bond acceptors (Lipinski definition) is 4. The quantitative estimate of drug-likeness (QED) is 0.840. The van der Waals surface area contributed by atoms with Crippen molar-refractivity contribution in [2.45, 2.75) is 32.2 Å². The van der Waals surface area contributed by atoms with Crippen LogP contribution in [0.25, 0.3) is 0 Å². The van der Waals surface area contributed by atoms with Gasteiger partial charge < -0.3 is 19.9 Å². The van der Waals surface area contributed by atoms with E-state index in [4.69, 9.17) is 4.74 Å². The molecule has 0 aliphatic carbocycles. The van der Waals surface area contributed by atoms with Crippen LogP contribution in [0.2, 0.25) is 0 Å². The smallest absolute Gasteiger partial charge is 0.224 e. The SMILES string of the molecule is CCOc1ccccc1N1CCN(C(=O)CC2CCCN2)CC1.Cl.Cl. The molecule has 1 amide bonds. The van der Waals surface area contributed by atoms with Crippen LogP contribution in [0.1, 0.15) is 26.2 Å². The topological polar surface area (TPSA) is 44.8 Å². The Kier molecular flexibility index (Phi) is 9.39. The van der Waals surface area contributed by atoms with Crippen molar-refractivity contribution in [2.75, 3.05) is 44.2 Å². The molecule has 2 fully saturated rings. The summed E-state index contributed by atoms with van der Waals surface area (Å²) in [5.41, 5.74) is 1.14. The molecule has 142 valence electrons. The second-order valence-electron chi connectivity index (χ2n) is 6.27. The van der Waals surface area contributed by atoms with Gasteiger partial charge in [-0.3, -0.25) is 4.79 Å². The van der Waals surface area contributed by atoms with Crippen LogP contribution in [0.5, 0.6) is 5.75 Å². The molecule has 0 bridgehead atoms. The van der Waals surface area contributed by atoms with Gasteiger partial charge >= 0.3 is 0 Å². The highest BCUT2D eigenvalue weighted by Crippen LogP contribution is 2.28. The Hall–Kier alpha value is -1.17. The monoisotopic (exact) mass is 389 g/mol. The Bertz CT molecular complexity index is 531. The van der Waals surface area contributed by atoms with E-state index in [9.17, 15) is 4.79 Å². The molecule has 0 spiro atoms. The van der Waals surface area contributed by atoms with E-state index in [1.165, 1.54) is 6.42 Å². The number of carbonyl (C=O) groups excluding carboxylic acids is 1. The zero-order chi connectivity index (χ0) is 16.1. The number of rotatable bonds is 5. The summed E-state index contributed by atoms with van der Waals surface area (Å²) in [7, 11) is 0. The summed E-state index contributed by atoms with van der Waals surface area (Å²) >= 11 is 0. The molecule has 1 aromatic carbocycles. The minimum absolute atomic E-state index is 0. The molecular weight excluding hydrogens is 361 g/mol. The Labute approximate surface area is 162 Å². The van der Waals surface area contributed by atoms with Crippen LogP contribution in [0.15, 0.2) is 24.3 Å². The number of anilines is 1. The van der Waals surface area contributed by atoms with E-state index in [0.29, 0.717) is 25.0 Å². The molecule has 7 heteroatoms. The summed E-state index contributed by atoms with van der Waals surface area (Å²) in [4.78, 5) is 16.7. The third kappa shape index (κ3) is 5.66. The van der Waals surface area contributed by atoms with E-state index < -0.39 is 0 Å². The fourth-order valence-corrected chi connectivity index (χ4v) is 3.46. The maximum absolute atomic E-state index is 12.4. The van der Waals surface area contributed by atoms with Gasteiger partial charge in [0, 0.05) is 38.6 Å². The highest BCUT2D eigenvalue weighted by molar-refractivity contribution is 5.85. The Morgan fingerprint density at radius 1 is 1.20 bits per heavy atom. The number of para-hydroxylation sites is 2. The first-order valence-corrected chi connectivity index (χ1v) is 8.76.